The van der Waals surface area contributed by atoms with Crippen molar-refractivity contribution in [2.75, 3.05) is 6.54 Å². The molecule has 4 nitrogen and oxygen atoms in total. The van der Waals surface area contributed by atoms with Crippen molar-refractivity contribution in [3.05, 3.63) is 65.2 Å². The lowest BCUT2D eigenvalue weighted by Gasteiger charge is -2.08. The van der Waals surface area contributed by atoms with Gasteiger partial charge in [-0.2, -0.15) is 0 Å². The molecule has 0 fully saturated rings. The number of ether oxygens (including phenoxy) is 1. The Hall–Kier alpha value is -2.33. The quantitative estimate of drug-likeness (QED) is 0.735. The summed E-state index contributed by atoms with van der Waals surface area (Å²) in [7, 11) is 0. The lowest BCUT2D eigenvalue weighted by Crippen LogP contribution is -2.17. The molecule has 116 valence electrons. The first-order chi connectivity index (χ1) is 10.6. The van der Waals surface area contributed by atoms with E-state index in [1.807, 2.05) is 36.4 Å². The van der Waals surface area contributed by atoms with E-state index in [1.54, 1.807) is 0 Å². The molecule has 0 saturated heterocycles. The van der Waals surface area contributed by atoms with Crippen LogP contribution in [0.3, 0.4) is 0 Å². The third-order valence-corrected chi connectivity index (χ3v) is 3.26. The normalized spacial score (nSPS) is 10.4. The highest BCUT2D eigenvalue weighted by atomic mass is 16.5. The average molecular weight is 299 g/mol. The smallest absolute Gasteiger partial charge is 0.304 e. The van der Waals surface area contributed by atoms with Crippen molar-refractivity contribution in [3.63, 3.8) is 0 Å². The lowest BCUT2D eigenvalue weighted by molar-refractivity contribution is -0.136. The Morgan fingerprint density at radius 1 is 1.14 bits per heavy atom. The van der Waals surface area contributed by atoms with Crippen LogP contribution in [0.5, 0.6) is 5.75 Å². The van der Waals surface area contributed by atoms with Crippen molar-refractivity contribution in [2.45, 2.75) is 26.5 Å². The highest BCUT2D eigenvalue weighted by Crippen LogP contribution is 2.14. The number of carboxylic acids is 1. The molecule has 0 aliphatic heterocycles. The van der Waals surface area contributed by atoms with Crippen molar-refractivity contribution >= 4 is 5.97 Å². The molecule has 0 amide bonds. The van der Waals surface area contributed by atoms with Crippen LogP contribution in [0.25, 0.3) is 0 Å². The van der Waals surface area contributed by atoms with Crippen LogP contribution in [0, 0.1) is 6.92 Å². The molecule has 2 aromatic carbocycles. The van der Waals surface area contributed by atoms with E-state index < -0.39 is 5.97 Å². The van der Waals surface area contributed by atoms with Gasteiger partial charge in [-0.05, 0) is 30.2 Å². The Labute approximate surface area is 130 Å². The first-order valence-electron chi connectivity index (χ1n) is 7.33. The van der Waals surface area contributed by atoms with E-state index in [-0.39, 0.29) is 6.42 Å². The van der Waals surface area contributed by atoms with Gasteiger partial charge < -0.3 is 15.2 Å². The average Bonchev–Trinajstić information content (AvgIpc) is 2.51. The topological polar surface area (TPSA) is 58.6 Å². The number of hydrogen-bond donors (Lipinski definition) is 2. The Morgan fingerprint density at radius 2 is 1.91 bits per heavy atom. The molecule has 4 heteroatoms. The molecule has 0 aliphatic rings. The van der Waals surface area contributed by atoms with Gasteiger partial charge in [-0.25, -0.2) is 0 Å². The number of rotatable bonds is 8. The van der Waals surface area contributed by atoms with E-state index in [2.05, 4.69) is 24.4 Å². The minimum atomic E-state index is -0.785. The molecule has 0 unspecified atom stereocenters. The molecule has 22 heavy (non-hydrogen) atoms. The Morgan fingerprint density at radius 3 is 2.59 bits per heavy atom. The predicted molar refractivity (Wildman–Crippen MR) is 85.9 cm³/mol. The maximum absolute atomic E-state index is 10.4. The second-order valence-electron chi connectivity index (χ2n) is 5.24. The van der Waals surface area contributed by atoms with Gasteiger partial charge in [0, 0.05) is 13.1 Å². The van der Waals surface area contributed by atoms with Crippen LogP contribution in [-0.4, -0.2) is 17.6 Å². The Bertz CT molecular complexity index is 608. The van der Waals surface area contributed by atoms with E-state index in [0.29, 0.717) is 19.7 Å². The van der Waals surface area contributed by atoms with E-state index >= 15 is 0 Å². The summed E-state index contributed by atoms with van der Waals surface area (Å²) < 4.78 is 5.76. The van der Waals surface area contributed by atoms with Crippen LogP contribution in [0.1, 0.15) is 23.1 Å². The zero-order chi connectivity index (χ0) is 15.8. The summed E-state index contributed by atoms with van der Waals surface area (Å²) in [6, 6.07) is 16.1. The maximum Gasteiger partial charge on any atom is 0.304 e. The highest BCUT2D eigenvalue weighted by Gasteiger charge is 1.99. The third-order valence-electron chi connectivity index (χ3n) is 3.26. The zero-order valence-electron chi connectivity index (χ0n) is 12.7. The molecule has 0 spiro atoms. The van der Waals surface area contributed by atoms with Gasteiger partial charge in [0.15, 0.2) is 0 Å². The maximum atomic E-state index is 10.4. The summed E-state index contributed by atoms with van der Waals surface area (Å²) in [5.41, 5.74) is 3.48. The molecular formula is C18H21NO3. The fourth-order valence-corrected chi connectivity index (χ4v) is 2.10. The Balaban J connectivity index is 1.78. The van der Waals surface area contributed by atoms with Crippen molar-refractivity contribution in [1.29, 1.82) is 0 Å². The van der Waals surface area contributed by atoms with Crippen molar-refractivity contribution < 1.29 is 14.6 Å². The van der Waals surface area contributed by atoms with Gasteiger partial charge in [0.05, 0.1) is 6.42 Å². The van der Waals surface area contributed by atoms with Gasteiger partial charge in [0.2, 0.25) is 0 Å². The second-order valence-corrected chi connectivity index (χ2v) is 5.24. The fraction of sp³-hybridized carbons (Fsp3) is 0.278. The van der Waals surface area contributed by atoms with Gasteiger partial charge in [0.25, 0.3) is 0 Å². The number of carbonyl (C=O) groups is 1. The summed E-state index contributed by atoms with van der Waals surface area (Å²) in [5.74, 6) is 0.0446. The number of aliphatic carboxylic acids is 1. The molecule has 0 atom stereocenters. The van der Waals surface area contributed by atoms with E-state index in [0.717, 1.165) is 16.9 Å². The van der Waals surface area contributed by atoms with E-state index in [4.69, 9.17) is 9.84 Å². The molecule has 0 heterocycles. The SMILES string of the molecule is Cc1cccc(COc2ccc(CNCCC(=O)O)cc2)c1. The molecule has 2 aromatic rings. The van der Waals surface area contributed by atoms with Crippen LogP contribution in [0.15, 0.2) is 48.5 Å². The first-order valence-corrected chi connectivity index (χ1v) is 7.33. The number of nitrogens with one attached hydrogen (secondary N) is 1. The van der Waals surface area contributed by atoms with Crippen LogP contribution in [0.4, 0.5) is 0 Å². The molecule has 2 rings (SSSR count). The molecule has 0 saturated carbocycles. The van der Waals surface area contributed by atoms with E-state index in [9.17, 15) is 4.79 Å². The minimum Gasteiger partial charge on any atom is -0.489 e. The second kappa shape index (κ2) is 8.20. The van der Waals surface area contributed by atoms with Gasteiger partial charge in [-0.15, -0.1) is 0 Å². The number of hydrogen-bond acceptors (Lipinski definition) is 3. The highest BCUT2D eigenvalue weighted by molar-refractivity contribution is 5.66. The number of carboxylic acid groups (broad SMARTS) is 1. The van der Waals surface area contributed by atoms with Crippen LogP contribution >= 0.6 is 0 Å². The molecule has 2 N–H and O–H groups in total. The first kappa shape index (κ1) is 16.0. The van der Waals surface area contributed by atoms with Crippen molar-refractivity contribution in [3.8, 4) is 5.75 Å². The fourth-order valence-electron chi connectivity index (χ4n) is 2.10. The van der Waals surface area contributed by atoms with Gasteiger partial charge in [0.1, 0.15) is 12.4 Å². The van der Waals surface area contributed by atoms with Gasteiger partial charge in [-0.1, -0.05) is 42.0 Å². The summed E-state index contributed by atoms with van der Waals surface area (Å²) in [5, 5.41) is 11.7. The molecule has 0 bridgehead atoms. The largest absolute Gasteiger partial charge is 0.489 e. The summed E-state index contributed by atoms with van der Waals surface area (Å²) in [4.78, 5) is 10.4. The van der Waals surface area contributed by atoms with Crippen molar-refractivity contribution in [1.82, 2.24) is 5.32 Å². The molecule has 0 radical (unpaired) electrons. The molecule has 0 aromatic heterocycles. The van der Waals surface area contributed by atoms with Crippen molar-refractivity contribution in [2.24, 2.45) is 0 Å². The third kappa shape index (κ3) is 5.58. The number of aryl methyl sites for hydroxylation is 1. The predicted octanol–water partition coefficient (Wildman–Crippen LogP) is 3.14. The molecular weight excluding hydrogens is 278 g/mol. The summed E-state index contributed by atoms with van der Waals surface area (Å²) in [6.45, 7) is 3.75. The minimum absolute atomic E-state index is 0.137. The zero-order valence-corrected chi connectivity index (χ0v) is 12.7. The molecule has 0 aliphatic carbocycles. The van der Waals surface area contributed by atoms with Gasteiger partial charge in [-0.3, -0.25) is 4.79 Å². The van der Waals surface area contributed by atoms with Crippen LogP contribution in [0.2, 0.25) is 0 Å². The van der Waals surface area contributed by atoms with E-state index in [1.165, 1.54) is 5.56 Å². The van der Waals surface area contributed by atoms with Crippen LogP contribution < -0.4 is 10.1 Å². The number of benzene rings is 2. The standard InChI is InChI=1S/C18H21NO3/c1-14-3-2-4-16(11-14)13-22-17-7-5-15(6-8-17)12-19-10-9-18(20)21/h2-8,11,19H,9-10,12-13H2,1H3,(H,20,21). The van der Waals surface area contributed by atoms with Gasteiger partial charge >= 0.3 is 5.97 Å². The summed E-state index contributed by atoms with van der Waals surface area (Å²) in [6.07, 6.45) is 0.137. The van der Waals surface area contributed by atoms with Crippen LogP contribution in [-0.2, 0) is 17.9 Å². The monoisotopic (exact) mass is 299 g/mol. The summed E-state index contributed by atoms with van der Waals surface area (Å²) >= 11 is 0. The lowest BCUT2D eigenvalue weighted by atomic mass is 10.1. The Kier molecular flexibility index (Phi) is 5.98.